The first-order valence-electron chi connectivity index (χ1n) is 10.7. The standard InChI is InChI=1S/C25H19BrN2O7S/c1-11-22(24(31)34-4)36-25(27-11)28-19(12-5-7-16(32-2)17(9-12)33-3)18-20(29)14-10-13(26)6-8-15(14)35-21(18)23(28)30/h5-10,19H,1-4H3. The highest BCUT2D eigenvalue weighted by atomic mass is 79.9. The van der Waals surface area contributed by atoms with Crippen LogP contribution in [-0.4, -0.2) is 38.2 Å². The molecule has 184 valence electrons. The molecule has 0 bridgehead atoms. The molecule has 0 aliphatic carbocycles. The molecule has 0 N–H and O–H groups in total. The van der Waals surface area contributed by atoms with Crippen molar-refractivity contribution in [3.05, 3.63) is 78.6 Å². The highest BCUT2D eigenvalue weighted by Crippen LogP contribution is 2.44. The lowest BCUT2D eigenvalue weighted by Crippen LogP contribution is -2.29. The molecule has 3 heterocycles. The Balaban J connectivity index is 1.79. The van der Waals surface area contributed by atoms with Crippen LogP contribution in [0.5, 0.6) is 11.5 Å². The molecule has 1 unspecified atom stereocenters. The van der Waals surface area contributed by atoms with Gasteiger partial charge in [-0.05, 0) is 42.8 Å². The summed E-state index contributed by atoms with van der Waals surface area (Å²) in [5.74, 6) is -0.272. The monoisotopic (exact) mass is 570 g/mol. The summed E-state index contributed by atoms with van der Waals surface area (Å²) in [6.45, 7) is 1.65. The van der Waals surface area contributed by atoms with E-state index in [4.69, 9.17) is 18.6 Å². The summed E-state index contributed by atoms with van der Waals surface area (Å²) < 4.78 is 22.4. The molecule has 0 saturated heterocycles. The Labute approximate surface area is 217 Å². The Bertz CT molecular complexity index is 1610. The summed E-state index contributed by atoms with van der Waals surface area (Å²) in [7, 11) is 4.29. The molecule has 4 aromatic rings. The van der Waals surface area contributed by atoms with Gasteiger partial charge in [-0.1, -0.05) is 33.3 Å². The molecule has 0 spiro atoms. The molecular formula is C25H19BrN2O7S. The Kier molecular flexibility index (Phi) is 6.05. The highest BCUT2D eigenvalue weighted by molar-refractivity contribution is 9.10. The van der Waals surface area contributed by atoms with Crippen molar-refractivity contribution >= 4 is 55.2 Å². The number of carbonyl (C=O) groups is 2. The number of carbonyl (C=O) groups excluding carboxylic acids is 2. The van der Waals surface area contributed by atoms with Gasteiger partial charge in [-0.15, -0.1) is 0 Å². The van der Waals surface area contributed by atoms with Crippen LogP contribution in [0.4, 0.5) is 5.13 Å². The predicted octanol–water partition coefficient (Wildman–Crippen LogP) is 4.87. The molecule has 1 amide bonds. The zero-order valence-corrected chi connectivity index (χ0v) is 22.0. The van der Waals surface area contributed by atoms with Crippen LogP contribution >= 0.6 is 27.3 Å². The average molecular weight is 571 g/mol. The van der Waals surface area contributed by atoms with E-state index in [1.54, 1.807) is 43.3 Å². The summed E-state index contributed by atoms with van der Waals surface area (Å²) >= 11 is 4.40. The van der Waals surface area contributed by atoms with Gasteiger partial charge in [0.05, 0.1) is 44.0 Å². The molecule has 1 aliphatic rings. The second-order valence-corrected chi connectivity index (χ2v) is 9.80. The van der Waals surface area contributed by atoms with Crippen LogP contribution in [0.3, 0.4) is 0 Å². The van der Waals surface area contributed by atoms with Gasteiger partial charge < -0.3 is 18.6 Å². The average Bonchev–Trinajstić information content (AvgIpc) is 3.40. The van der Waals surface area contributed by atoms with Gasteiger partial charge in [0.25, 0.3) is 5.91 Å². The Morgan fingerprint density at radius 3 is 2.53 bits per heavy atom. The number of amides is 1. The summed E-state index contributed by atoms with van der Waals surface area (Å²) in [5, 5.41) is 0.558. The quantitative estimate of drug-likeness (QED) is 0.312. The van der Waals surface area contributed by atoms with Crippen LogP contribution < -0.4 is 19.8 Å². The molecule has 36 heavy (non-hydrogen) atoms. The molecule has 5 rings (SSSR count). The number of benzene rings is 2. The van der Waals surface area contributed by atoms with Gasteiger partial charge in [0.15, 0.2) is 22.1 Å². The lowest BCUT2D eigenvalue weighted by Gasteiger charge is -2.23. The van der Waals surface area contributed by atoms with Crippen molar-refractivity contribution in [1.29, 1.82) is 0 Å². The molecule has 9 nitrogen and oxygen atoms in total. The third kappa shape index (κ3) is 3.66. The SMILES string of the molecule is COC(=O)c1sc(N2C(=O)c3oc4ccc(Br)cc4c(=O)c3C2c2ccc(OC)c(OC)c2)nc1C. The van der Waals surface area contributed by atoms with Gasteiger partial charge in [-0.3, -0.25) is 14.5 Å². The van der Waals surface area contributed by atoms with Crippen LogP contribution in [0.2, 0.25) is 0 Å². The second-order valence-electron chi connectivity index (χ2n) is 7.91. The lowest BCUT2D eigenvalue weighted by atomic mass is 9.98. The Hall–Kier alpha value is -3.70. The summed E-state index contributed by atoms with van der Waals surface area (Å²) in [4.78, 5) is 45.9. The maximum atomic E-state index is 13.8. The van der Waals surface area contributed by atoms with Gasteiger partial charge in [0.1, 0.15) is 10.5 Å². The van der Waals surface area contributed by atoms with Crippen molar-refractivity contribution in [2.24, 2.45) is 0 Å². The van der Waals surface area contributed by atoms with Crippen LogP contribution in [0, 0.1) is 6.92 Å². The number of halogens is 1. The maximum Gasteiger partial charge on any atom is 0.350 e. The van der Waals surface area contributed by atoms with Crippen LogP contribution in [0.1, 0.15) is 43.1 Å². The maximum absolute atomic E-state index is 13.8. The van der Waals surface area contributed by atoms with Crippen LogP contribution in [-0.2, 0) is 4.74 Å². The van der Waals surface area contributed by atoms with E-state index in [1.807, 2.05) is 0 Å². The van der Waals surface area contributed by atoms with Crippen molar-refractivity contribution in [2.75, 3.05) is 26.2 Å². The number of anilines is 1. The summed E-state index contributed by atoms with van der Waals surface area (Å²) in [6, 6.07) is 9.27. The minimum Gasteiger partial charge on any atom is -0.493 e. The van der Waals surface area contributed by atoms with E-state index in [9.17, 15) is 14.4 Å². The lowest BCUT2D eigenvalue weighted by molar-refractivity contribution is 0.0605. The van der Waals surface area contributed by atoms with Crippen molar-refractivity contribution in [3.63, 3.8) is 0 Å². The van der Waals surface area contributed by atoms with Crippen molar-refractivity contribution in [1.82, 2.24) is 4.98 Å². The van der Waals surface area contributed by atoms with E-state index in [2.05, 4.69) is 20.9 Å². The minimum atomic E-state index is -0.886. The number of nitrogens with zero attached hydrogens (tertiary/aromatic N) is 2. The molecule has 0 radical (unpaired) electrons. The van der Waals surface area contributed by atoms with Crippen molar-refractivity contribution < 1.29 is 28.2 Å². The van der Waals surface area contributed by atoms with E-state index in [0.29, 0.717) is 32.6 Å². The number of aryl methyl sites for hydroxylation is 1. The predicted molar refractivity (Wildman–Crippen MR) is 137 cm³/mol. The van der Waals surface area contributed by atoms with E-state index in [1.165, 1.54) is 26.2 Å². The fraction of sp³-hybridized carbons (Fsp3) is 0.200. The van der Waals surface area contributed by atoms with Gasteiger partial charge in [-0.25, -0.2) is 9.78 Å². The summed E-state index contributed by atoms with van der Waals surface area (Å²) in [5.41, 5.74) is 1.10. The third-order valence-electron chi connectivity index (χ3n) is 5.92. The summed E-state index contributed by atoms with van der Waals surface area (Å²) in [6.07, 6.45) is 0. The number of esters is 1. The number of methoxy groups -OCH3 is 3. The first kappa shape index (κ1) is 24.0. The van der Waals surface area contributed by atoms with E-state index in [-0.39, 0.29) is 32.3 Å². The van der Waals surface area contributed by atoms with Crippen molar-refractivity contribution in [2.45, 2.75) is 13.0 Å². The number of hydrogen-bond acceptors (Lipinski definition) is 9. The fourth-order valence-electron chi connectivity index (χ4n) is 4.25. The van der Waals surface area contributed by atoms with E-state index < -0.39 is 17.9 Å². The number of aromatic nitrogens is 1. The van der Waals surface area contributed by atoms with E-state index in [0.717, 1.165) is 11.3 Å². The molecule has 1 aliphatic heterocycles. The van der Waals surface area contributed by atoms with Crippen LogP contribution in [0.25, 0.3) is 11.0 Å². The highest BCUT2D eigenvalue weighted by Gasteiger charge is 2.45. The number of rotatable bonds is 5. The molecule has 0 fully saturated rings. The van der Waals surface area contributed by atoms with Gasteiger partial charge in [0.2, 0.25) is 5.76 Å². The van der Waals surface area contributed by atoms with Crippen molar-refractivity contribution in [3.8, 4) is 11.5 Å². The molecule has 11 heteroatoms. The molecule has 0 saturated carbocycles. The number of ether oxygens (including phenoxy) is 3. The first-order chi connectivity index (χ1) is 17.3. The number of thiazole rings is 1. The normalized spacial score (nSPS) is 14.8. The minimum absolute atomic E-state index is 0.0814. The smallest absolute Gasteiger partial charge is 0.350 e. The molecule has 2 aromatic carbocycles. The topological polar surface area (TPSA) is 108 Å². The van der Waals surface area contributed by atoms with Gasteiger partial charge in [-0.2, -0.15) is 0 Å². The zero-order valence-electron chi connectivity index (χ0n) is 19.6. The van der Waals surface area contributed by atoms with Crippen LogP contribution in [0.15, 0.2) is 50.1 Å². The zero-order chi connectivity index (χ0) is 25.7. The molecule has 1 atom stereocenters. The molecular weight excluding hydrogens is 552 g/mol. The largest absolute Gasteiger partial charge is 0.493 e. The first-order valence-corrected chi connectivity index (χ1v) is 12.3. The number of fused-ring (bicyclic) bond motifs is 2. The third-order valence-corrected chi connectivity index (χ3v) is 7.55. The number of hydrogen-bond donors (Lipinski definition) is 0. The van der Waals surface area contributed by atoms with E-state index >= 15 is 0 Å². The fourth-order valence-corrected chi connectivity index (χ4v) is 5.62. The second kappa shape index (κ2) is 9.07. The van der Waals surface area contributed by atoms with Gasteiger partial charge in [0, 0.05) is 4.47 Å². The van der Waals surface area contributed by atoms with Gasteiger partial charge >= 0.3 is 5.97 Å². The Morgan fingerprint density at radius 1 is 1.08 bits per heavy atom. The Morgan fingerprint density at radius 2 is 1.83 bits per heavy atom. The molecule has 2 aromatic heterocycles.